The average Bonchev–Trinajstić information content (AvgIpc) is 2.59. The molecule has 5 heteroatoms. The molecular weight excluding hydrogens is 312 g/mol. The number of hydrogen-bond donors (Lipinski definition) is 2. The fraction of sp³-hybridized carbons (Fsp3) is 0.650. The lowest BCUT2D eigenvalue weighted by Crippen LogP contribution is -2.47. The van der Waals surface area contributed by atoms with Gasteiger partial charge in [-0.15, -0.1) is 0 Å². The van der Waals surface area contributed by atoms with E-state index in [0.29, 0.717) is 5.57 Å². The number of nitrogens with zero attached hydrogens (tertiary/aromatic N) is 3. The molecule has 4 unspecified atom stereocenters. The minimum atomic E-state index is -0.672. The Morgan fingerprint density at radius 1 is 1.44 bits per heavy atom. The second kappa shape index (κ2) is 6.76. The smallest absolute Gasteiger partial charge is 0.133 e. The Labute approximate surface area is 150 Å². The van der Waals surface area contributed by atoms with Gasteiger partial charge in [0, 0.05) is 17.5 Å². The van der Waals surface area contributed by atoms with Gasteiger partial charge in [0.15, 0.2) is 0 Å². The Morgan fingerprint density at radius 3 is 2.88 bits per heavy atom. The maximum Gasteiger partial charge on any atom is 0.133 e. The summed E-state index contributed by atoms with van der Waals surface area (Å²) in [5, 5.41) is 23.4. The molecule has 0 spiro atoms. The highest BCUT2D eigenvalue weighted by Gasteiger charge is 2.49. The highest BCUT2D eigenvalue weighted by molar-refractivity contribution is 5.53. The fourth-order valence-corrected chi connectivity index (χ4v) is 4.58. The molecule has 25 heavy (non-hydrogen) atoms. The lowest BCUT2D eigenvalue weighted by atomic mass is 9.57. The van der Waals surface area contributed by atoms with Gasteiger partial charge in [-0.25, -0.2) is 9.97 Å². The van der Waals surface area contributed by atoms with E-state index in [9.17, 15) is 10.4 Å². The van der Waals surface area contributed by atoms with Gasteiger partial charge >= 0.3 is 0 Å². The summed E-state index contributed by atoms with van der Waals surface area (Å²) in [6.07, 6.45) is 5.43. The van der Waals surface area contributed by atoms with Gasteiger partial charge in [0.1, 0.15) is 11.6 Å². The van der Waals surface area contributed by atoms with E-state index in [1.165, 1.54) is 5.56 Å². The van der Waals surface area contributed by atoms with Crippen LogP contribution in [-0.4, -0.2) is 27.7 Å². The van der Waals surface area contributed by atoms with Crippen LogP contribution < -0.4 is 5.32 Å². The number of aliphatic hydroxyl groups excluding tert-OH is 1. The van der Waals surface area contributed by atoms with Crippen LogP contribution in [0, 0.1) is 30.1 Å². The molecule has 2 aliphatic carbocycles. The van der Waals surface area contributed by atoms with Crippen molar-refractivity contribution in [2.45, 2.75) is 64.9 Å². The molecule has 0 fully saturated rings. The van der Waals surface area contributed by atoms with Crippen LogP contribution in [0.4, 0.5) is 5.82 Å². The Kier molecular flexibility index (Phi) is 4.83. The number of nitrogens with one attached hydrogen (secondary N) is 1. The van der Waals surface area contributed by atoms with Crippen LogP contribution >= 0.6 is 0 Å². The van der Waals surface area contributed by atoms with Crippen molar-refractivity contribution in [2.75, 3.05) is 11.9 Å². The van der Waals surface area contributed by atoms with E-state index >= 15 is 0 Å². The van der Waals surface area contributed by atoms with Crippen LogP contribution in [0.5, 0.6) is 0 Å². The van der Waals surface area contributed by atoms with Crippen molar-refractivity contribution in [1.82, 2.24) is 9.97 Å². The Morgan fingerprint density at radius 2 is 2.20 bits per heavy atom. The largest absolute Gasteiger partial charge is 0.387 e. The second-order valence-corrected chi connectivity index (χ2v) is 7.67. The number of aryl methyl sites for hydroxylation is 1. The molecule has 2 N–H and O–H groups in total. The maximum atomic E-state index is 10.5. The Bertz CT molecular complexity index is 736. The number of aromatic nitrogens is 2. The third-order valence-corrected chi connectivity index (χ3v) is 5.96. The Balaban J connectivity index is 2.10. The lowest BCUT2D eigenvalue weighted by Gasteiger charge is -2.48. The molecule has 1 aromatic heterocycles. The van der Waals surface area contributed by atoms with Crippen molar-refractivity contribution >= 4 is 5.82 Å². The summed E-state index contributed by atoms with van der Waals surface area (Å²) in [5.41, 5.74) is 2.35. The van der Waals surface area contributed by atoms with Gasteiger partial charge in [-0.2, -0.15) is 5.26 Å². The van der Waals surface area contributed by atoms with E-state index in [-0.39, 0.29) is 17.3 Å². The number of nitriles is 1. The van der Waals surface area contributed by atoms with Crippen molar-refractivity contribution in [3.63, 3.8) is 0 Å². The molecule has 134 valence electrons. The van der Waals surface area contributed by atoms with Crippen LogP contribution in [0.2, 0.25) is 0 Å². The van der Waals surface area contributed by atoms with E-state index < -0.39 is 6.10 Å². The molecular formula is C20H28N4O. The number of hydrogen-bond acceptors (Lipinski definition) is 5. The zero-order valence-corrected chi connectivity index (χ0v) is 15.6. The molecule has 4 atom stereocenters. The van der Waals surface area contributed by atoms with E-state index in [1.807, 2.05) is 13.0 Å². The van der Waals surface area contributed by atoms with Crippen molar-refractivity contribution < 1.29 is 5.11 Å². The first kappa shape index (κ1) is 17.9. The predicted molar refractivity (Wildman–Crippen MR) is 98.2 cm³/mol. The zero-order chi connectivity index (χ0) is 18.2. The number of aliphatic hydroxyl groups is 1. The minimum Gasteiger partial charge on any atom is -0.387 e. The van der Waals surface area contributed by atoms with E-state index in [1.54, 1.807) is 0 Å². The third-order valence-electron chi connectivity index (χ3n) is 5.96. The number of anilines is 1. The SMILES string of the molecule is CCCCNc1nc(C)nc2c1CCC1C(C)C(O)C(C#N)=CC21C. The van der Waals surface area contributed by atoms with Gasteiger partial charge in [0.05, 0.1) is 23.4 Å². The molecule has 0 aliphatic heterocycles. The highest BCUT2D eigenvalue weighted by Crippen LogP contribution is 2.51. The van der Waals surface area contributed by atoms with E-state index in [4.69, 9.17) is 4.98 Å². The van der Waals surface area contributed by atoms with Crippen LogP contribution in [0.1, 0.15) is 57.1 Å². The maximum absolute atomic E-state index is 10.5. The number of rotatable bonds is 4. The molecule has 2 aliphatic rings. The molecule has 0 saturated heterocycles. The molecule has 1 aromatic rings. The third kappa shape index (κ3) is 2.93. The van der Waals surface area contributed by atoms with Gasteiger partial charge in [0.25, 0.3) is 0 Å². The van der Waals surface area contributed by atoms with Crippen LogP contribution in [0.3, 0.4) is 0 Å². The number of fused-ring (bicyclic) bond motifs is 3. The van der Waals surface area contributed by atoms with Crippen molar-refractivity contribution in [3.8, 4) is 6.07 Å². The second-order valence-electron chi connectivity index (χ2n) is 7.67. The molecule has 1 heterocycles. The summed E-state index contributed by atoms with van der Waals surface area (Å²) < 4.78 is 0. The van der Waals surface area contributed by atoms with Crippen molar-refractivity contribution in [2.24, 2.45) is 11.8 Å². The van der Waals surface area contributed by atoms with Gasteiger partial charge in [-0.1, -0.05) is 33.3 Å². The number of allylic oxidation sites excluding steroid dienone is 1. The Hall–Kier alpha value is -1.93. The first-order valence-electron chi connectivity index (χ1n) is 9.35. The summed E-state index contributed by atoms with van der Waals surface area (Å²) in [4.78, 5) is 9.44. The lowest BCUT2D eigenvalue weighted by molar-refractivity contribution is 0.0668. The van der Waals surface area contributed by atoms with Gasteiger partial charge < -0.3 is 10.4 Å². The summed E-state index contributed by atoms with van der Waals surface area (Å²) in [7, 11) is 0. The molecule has 0 amide bonds. The fourth-order valence-electron chi connectivity index (χ4n) is 4.58. The molecule has 0 saturated carbocycles. The monoisotopic (exact) mass is 340 g/mol. The normalized spacial score (nSPS) is 30.7. The first-order chi connectivity index (χ1) is 11.9. The van der Waals surface area contributed by atoms with Crippen molar-refractivity contribution in [1.29, 1.82) is 5.26 Å². The molecule has 3 rings (SSSR count). The first-order valence-corrected chi connectivity index (χ1v) is 9.35. The average molecular weight is 340 g/mol. The van der Waals surface area contributed by atoms with Gasteiger partial charge in [-0.05, 0) is 38.0 Å². The standard InChI is InChI=1S/C20H28N4O/c1-5-6-9-22-19-15-7-8-16-12(2)17(25)14(11-21)10-20(16,4)18(15)23-13(3)24-19/h10,12,16-17,25H,5-9H2,1-4H3,(H,22,23,24). The topological polar surface area (TPSA) is 81.8 Å². The zero-order valence-electron chi connectivity index (χ0n) is 15.6. The summed E-state index contributed by atoms with van der Waals surface area (Å²) >= 11 is 0. The quantitative estimate of drug-likeness (QED) is 0.822. The van der Waals surface area contributed by atoms with Crippen LogP contribution in [0.25, 0.3) is 0 Å². The predicted octanol–water partition coefficient (Wildman–Crippen LogP) is 3.28. The van der Waals surface area contributed by atoms with E-state index in [0.717, 1.165) is 49.6 Å². The van der Waals surface area contributed by atoms with Gasteiger partial charge in [-0.3, -0.25) is 0 Å². The summed E-state index contributed by atoms with van der Waals surface area (Å²) in [6, 6.07) is 2.20. The van der Waals surface area contributed by atoms with E-state index in [2.05, 4.69) is 37.1 Å². The van der Waals surface area contributed by atoms with Crippen molar-refractivity contribution in [3.05, 3.63) is 28.7 Å². The highest BCUT2D eigenvalue weighted by atomic mass is 16.3. The van der Waals surface area contributed by atoms with Gasteiger partial charge in [0.2, 0.25) is 0 Å². The number of unbranched alkanes of at least 4 members (excludes halogenated alkanes) is 1. The minimum absolute atomic E-state index is 0.0459. The molecule has 0 radical (unpaired) electrons. The molecule has 5 nitrogen and oxygen atoms in total. The summed E-state index contributed by atoms with van der Waals surface area (Å²) in [6.45, 7) is 9.23. The van der Waals surface area contributed by atoms with Crippen LogP contribution in [0.15, 0.2) is 11.6 Å². The van der Waals surface area contributed by atoms with Crippen LogP contribution in [-0.2, 0) is 11.8 Å². The summed E-state index contributed by atoms with van der Waals surface area (Å²) in [5.74, 6) is 2.03. The molecule has 0 aromatic carbocycles. The molecule has 0 bridgehead atoms.